The SMILES string of the molecule is O=c1[nH]c(=O)n([C@H]2C[C@H](O)[C@@H](OP(=O)(O)O)O2)cc1Cl. The van der Waals surface area contributed by atoms with Gasteiger partial charge in [-0.05, 0) is 0 Å². The average Bonchev–Trinajstić information content (AvgIpc) is 2.63. The van der Waals surface area contributed by atoms with E-state index in [1.54, 1.807) is 0 Å². The average molecular weight is 329 g/mol. The van der Waals surface area contributed by atoms with Gasteiger partial charge in [0.05, 0.1) is 0 Å². The summed E-state index contributed by atoms with van der Waals surface area (Å²) in [6.45, 7) is 0. The Labute approximate surface area is 115 Å². The summed E-state index contributed by atoms with van der Waals surface area (Å²) >= 11 is 5.57. The number of nitrogens with one attached hydrogen (secondary N) is 1. The van der Waals surface area contributed by atoms with Crippen LogP contribution in [0, 0.1) is 0 Å². The van der Waals surface area contributed by atoms with Crippen LogP contribution in [0.5, 0.6) is 0 Å². The number of hydrogen-bond donors (Lipinski definition) is 4. The van der Waals surface area contributed by atoms with Gasteiger partial charge in [0.15, 0.2) is 6.29 Å². The third-order valence-corrected chi connectivity index (χ3v) is 3.28. The molecule has 0 unspecified atom stereocenters. The first kappa shape index (κ1) is 15.4. The maximum absolute atomic E-state index is 11.6. The lowest BCUT2D eigenvalue weighted by atomic mass is 10.2. The van der Waals surface area contributed by atoms with Gasteiger partial charge in [-0.25, -0.2) is 9.36 Å². The molecule has 1 fully saturated rings. The van der Waals surface area contributed by atoms with E-state index in [2.05, 4.69) is 4.52 Å². The van der Waals surface area contributed by atoms with E-state index in [4.69, 9.17) is 26.1 Å². The van der Waals surface area contributed by atoms with Crippen LogP contribution >= 0.6 is 19.4 Å². The number of ether oxygens (including phenoxy) is 1. The Kier molecular flexibility index (Phi) is 4.17. The Morgan fingerprint density at radius 2 is 2.15 bits per heavy atom. The molecule has 10 nitrogen and oxygen atoms in total. The van der Waals surface area contributed by atoms with Crippen LogP contribution in [0.2, 0.25) is 5.02 Å². The van der Waals surface area contributed by atoms with Gasteiger partial charge in [0.2, 0.25) is 0 Å². The van der Waals surface area contributed by atoms with Crippen molar-refractivity contribution in [3.05, 3.63) is 32.1 Å². The van der Waals surface area contributed by atoms with Gasteiger partial charge in [0.1, 0.15) is 17.4 Å². The van der Waals surface area contributed by atoms with Crippen LogP contribution in [-0.2, 0) is 13.8 Å². The largest absolute Gasteiger partial charge is 0.472 e. The van der Waals surface area contributed by atoms with Crippen molar-refractivity contribution in [2.24, 2.45) is 0 Å². The summed E-state index contributed by atoms with van der Waals surface area (Å²) in [5, 5.41) is 9.31. The molecule has 0 bridgehead atoms. The summed E-state index contributed by atoms with van der Waals surface area (Å²) in [4.78, 5) is 41.9. The first-order chi connectivity index (χ1) is 9.17. The van der Waals surface area contributed by atoms with E-state index in [9.17, 15) is 19.3 Å². The van der Waals surface area contributed by atoms with Gasteiger partial charge in [-0.2, -0.15) is 0 Å². The topological polar surface area (TPSA) is 151 Å². The lowest BCUT2D eigenvalue weighted by molar-refractivity contribution is -0.135. The van der Waals surface area contributed by atoms with Crippen molar-refractivity contribution in [2.75, 3.05) is 0 Å². The maximum atomic E-state index is 11.6. The van der Waals surface area contributed by atoms with E-state index in [1.165, 1.54) is 0 Å². The van der Waals surface area contributed by atoms with Crippen LogP contribution in [0.15, 0.2) is 15.8 Å². The second-order valence-corrected chi connectivity index (χ2v) is 5.60. The van der Waals surface area contributed by atoms with Gasteiger partial charge in [-0.3, -0.25) is 18.9 Å². The highest BCUT2D eigenvalue weighted by atomic mass is 35.5. The highest BCUT2D eigenvalue weighted by molar-refractivity contribution is 7.46. The maximum Gasteiger partial charge on any atom is 0.472 e. The summed E-state index contributed by atoms with van der Waals surface area (Å²) in [5.74, 6) is 0. The molecule has 1 aliphatic heterocycles. The molecule has 0 aromatic carbocycles. The van der Waals surface area contributed by atoms with E-state index in [1.807, 2.05) is 4.98 Å². The predicted molar refractivity (Wildman–Crippen MR) is 64.0 cm³/mol. The summed E-state index contributed by atoms with van der Waals surface area (Å²) < 4.78 is 20.8. The molecule has 0 spiro atoms. The molecule has 4 N–H and O–H groups in total. The molecule has 1 aromatic rings. The van der Waals surface area contributed by atoms with Gasteiger partial charge >= 0.3 is 13.5 Å². The minimum absolute atomic E-state index is 0.174. The minimum Gasteiger partial charge on any atom is -0.388 e. The minimum atomic E-state index is -4.86. The summed E-state index contributed by atoms with van der Waals surface area (Å²) in [6, 6.07) is 0. The molecule has 2 heterocycles. The van der Waals surface area contributed by atoms with Crippen molar-refractivity contribution in [1.29, 1.82) is 0 Å². The Hall–Kier alpha value is -1.00. The van der Waals surface area contributed by atoms with Crippen molar-refractivity contribution < 1.29 is 28.7 Å². The number of nitrogens with zero attached hydrogens (tertiary/aromatic N) is 1. The zero-order valence-electron chi connectivity index (χ0n) is 9.67. The van der Waals surface area contributed by atoms with Gasteiger partial charge in [0.25, 0.3) is 5.56 Å². The second-order valence-electron chi connectivity index (χ2n) is 4.00. The molecular weight excluding hydrogens is 319 g/mol. The lowest BCUT2D eigenvalue weighted by Gasteiger charge is -2.16. The molecular formula is C8H10ClN2O8P. The molecule has 1 saturated heterocycles. The zero-order valence-corrected chi connectivity index (χ0v) is 11.3. The number of rotatable bonds is 3. The fraction of sp³-hybridized carbons (Fsp3) is 0.500. The van der Waals surface area contributed by atoms with Crippen LogP contribution in [-0.4, -0.2) is 36.8 Å². The van der Waals surface area contributed by atoms with Crippen LogP contribution in [0.25, 0.3) is 0 Å². The van der Waals surface area contributed by atoms with E-state index in [0.717, 1.165) is 10.8 Å². The number of aromatic nitrogens is 2. The first-order valence-electron chi connectivity index (χ1n) is 5.26. The second kappa shape index (κ2) is 5.41. The Morgan fingerprint density at radius 1 is 1.50 bits per heavy atom. The molecule has 0 aliphatic carbocycles. The monoisotopic (exact) mass is 328 g/mol. The molecule has 0 radical (unpaired) electrons. The quantitative estimate of drug-likeness (QED) is 0.511. The molecule has 20 heavy (non-hydrogen) atoms. The summed E-state index contributed by atoms with van der Waals surface area (Å²) in [7, 11) is -4.86. The third-order valence-electron chi connectivity index (χ3n) is 2.52. The van der Waals surface area contributed by atoms with Crippen LogP contribution in [0.1, 0.15) is 12.6 Å². The molecule has 3 atom stereocenters. The number of aromatic amines is 1. The van der Waals surface area contributed by atoms with E-state index in [-0.39, 0.29) is 11.4 Å². The molecule has 12 heteroatoms. The van der Waals surface area contributed by atoms with Crippen molar-refractivity contribution in [1.82, 2.24) is 9.55 Å². The number of phosphoric acid groups is 1. The predicted octanol–water partition coefficient (Wildman–Crippen LogP) is -1.09. The number of halogens is 1. The van der Waals surface area contributed by atoms with Gasteiger partial charge < -0.3 is 19.6 Å². The van der Waals surface area contributed by atoms with Crippen molar-refractivity contribution >= 4 is 19.4 Å². The molecule has 2 rings (SSSR count). The van der Waals surface area contributed by atoms with E-state index < -0.39 is 37.7 Å². The number of hydrogen-bond acceptors (Lipinski definition) is 6. The highest BCUT2D eigenvalue weighted by Gasteiger charge is 2.40. The fourth-order valence-electron chi connectivity index (χ4n) is 1.70. The smallest absolute Gasteiger partial charge is 0.388 e. The third kappa shape index (κ3) is 3.36. The van der Waals surface area contributed by atoms with Gasteiger partial charge in [0, 0.05) is 12.6 Å². The van der Waals surface area contributed by atoms with Crippen LogP contribution in [0.3, 0.4) is 0 Å². The van der Waals surface area contributed by atoms with Crippen molar-refractivity contribution in [3.63, 3.8) is 0 Å². The fourth-order valence-corrected chi connectivity index (χ4v) is 2.32. The summed E-state index contributed by atoms with van der Waals surface area (Å²) in [6.07, 6.45) is -3.21. The Morgan fingerprint density at radius 3 is 2.75 bits per heavy atom. The number of aliphatic hydroxyl groups excluding tert-OH is 1. The normalized spacial score (nSPS) is 26.9. The highest BCUT2D eigenvalue weighted by Crippen LogP contribution is 2.42. The summed E-state index contributed by atoms with van der Waals surface area (Å²) in [5.41, 5.74) is -1.62. The van der Waals surface area contributed by atoms with Gasteiger partial charge in [-0.15, -0.1) is 0 Å². The van der Waals surface area contributed by atoms with Gasteiger partial charge in [-0.1, -0.05) is 11.6 Å². The van der Waals surface area contributed by atoms with Crippen LogP contribution < -0.4 is 11.2 Å². The number of H-pyrrole nitrogens is 1. The molecule has 0 saturated carbocycles. The Bertz CT molecular complexity index is 665. The molecule has 112 valence electrons. The molecule has 1 aromatic heterocycles. The lowest BCUT2D eigenvalue weighted by Crippen LogP contribution is -2.32. The van der Waals surface area contributed by atoms with E-state index >= 15 is 0 Å². The first-order valence-corrected chi connectivity index (χ1v) is 7.16. The molecule has 0 amide bonds. The molecule has 1 aliphatic rings. The van der Waals surface area contributed by atoms with E-state index in [0.29, 0.717) is 0 Å². The van der Waals surface area contributed by atoms with Crippen LogP contribution in [0.4, 0.5) is 0 Å². The number of phosphoric ester groups is 1. The van der Waals surface area contributed by atoms with Crippen molar-refractivity contribution in [3.8, 4) is 0 Å². The standard InChI is InChI=1S/C8H10ClN2O8P/c9-3-2-11(8(14)10-6(3)13)5-1-4(12)7(18-5)19-20(15,16)17/h2,4-5,7,12H,1H2,(H,10,13,14)(H2,15,16,17)/t4-,5+,7+/m0/s1. The van der Waals surface area contributed by atoms with Crippen molar-refractivity contribution in [2.45, 2.75) is 25.0 Å². The Balaban J connectivity index is 2.25. The number of aliphatic hydroxyl groups is 1. The zero-order chi connectivity index (χ0) is 15.1.